The third-order valence-electron chi connectivity index (χ3n) is 6.41. The van der Waals surface area contributed by atoms with Crippen molar-refractivity contribution in [3.05, 3.63) is 95.1 Å². The second-order valence-electron chi connectivity index (χ2n) is 8.98. The first-order valence-electron chi connectivity index (χ1n) is 11.8. The summed E-state index contributed by atoms with van der Waals surface area (Å²) in [6, 6.07) is 22.2. The number of halogens is 1. The predicted octanol–water partition coefficient (Wildman–Crippen LogP) is 4.65. The van der Waals surface area contributed by atoms with Crippen molar-refractivity contribution >= 4 is 50.0 Å². The van der Waals surface area contributed by atoms with Crippen LogP contribution in [0.4, 0.5) is 5.69 Å². The monoisotopic (exact) mass is 536 g/mol. The number of hydrogen-bond donors (Lipinski definition) is 3. The summed E-state index contributed by atoms with van der Waals surface area (Å²) >= 11 is 6.08. The van der Waals surface area contributed by atoms with Gasteiger partial charge in [-0.3, -0.25) is 14.3 Å². The topological polar surface area (TPSA) is 109 Å². The molecule has 10 heteroatoms. The molecule has 0 aliphatic carbocycles. The number of nitrogens with one attached hydrogen (secondary N) is 3. The van der Waals surface area contributed by atoms with Gasteiger partial charge in [0.25, 0.3) is 15.9 Å². The van der Waals surface area contributed by atoms with Crippen molar-refractivity contribution in [2.24, 2.45) is 0 Å². The number of carbonyl (C=O) groups is 2. The van der Waals surface area contributed by atoms with Crippen molar-refractivity contribution in [1.82, 2.24) is 15.2 Å². The van der Waals surface area contributed by atoms with E-state index < -0.39 is 10.0 Å². The minimum atomic E-state index is -3.91. The number of amides is 2. The van der Waals surface area contributed by atoms with Gasteiger partial charge in [0.05, 0.1) is 17.1 Å². The minimum Gasteiger partial charge on any atom is -0.350 e. The number of rotatable bonds is 7. The molecular formula is C27H25ClN4O4S. The van der Waals surface area contributed by atoms with Crippen molar-refractivity contribution in [1.29, 1.82) is 0 Å². The van der Waals surface area contributed by atoms with Crippen molar-refractivity contribution in [3.63, 3.8) is 0 Å². The molecule has 3 aromatic carbocycles. The van der Waals surface area contributed by atoms with Crippen LogP contribution in [0.2, 0.25) is 5.02 Å². The third kappa shape index (κ3) is 5.05. The molecule has 2 amide bonds. The lowest BCUT2D eigenvalue weighted by Gasteiger charge is -2.27. The highest BCUT2D eigenvalue weighted by molar-refractivity contribution is 7.92. The molecule has 2 unspecified atom stereocenters. The second-order valence-corrected chi connectivity index (χ2v) is 11.0. The van der Waals surface area contributed by atoms with Gasteiger partial charge >= 0.3 is 0 Å². The molecule has 37 heavy (non-hydrogen) atoms. The highest BCUT2D eigenvalue weighted by Crippen LogP contribution is 2.31. The fraction of sp³-hybridized carbons (Fsp3) is 0.185. The summed E-state index contributed by atoms with van der Waals surface area (Å²) < 4.78 is 30.1. The van der Waals surface area contributed by atoms with Crippen LogP contribution in [0.1, 0.15) is 41.5 Å². The predicted molar refractivity (Wildman–Crippen MR) is 143 cm³/mol. The maximum absolute atomic E-state index is 12.9. The Morgan fingerprint density at radius 2 is 1.81 bits per heavy atom. The number of nitrogens with zero attached hydrogens (tertiary/aromatic N) is 1. The summed E-state index contributed by atoms with van der Waals surface area (Å²) in [5, 5.41) is 6.68. The molecule has 190 valence electrons. The Morgan fingerprint density at radius 3 is 2.57 bits per heavy atom. The lowest BCUT2D eigenvalue weighted by atomic mass is 10.1. The van der Waals surface area contributed by atoms with Gasteiger partial charge in [0.2, 0.25) is 5.91 Å². The molecule has 3 N–H and O–H groups in total. The first kappa shape index (κ1) is 24.9. The molecule has 2 heterocycles. The molecule has 0 radical (unpaired) electrons. The first-order valence-corrected chi connectivity index (χ1v) is 13.6. The van der Waals surface area contributed by atoms with Crippen molar-refractivity contribution in [2.45, 2.75) is 30.3 Å². The van der Waals surface area contributed by atoms with Crippen LogP contribution < -0.4 is 15.4 Å². The van der Waals surface area contributed by atoms with Crippen LogP contribution >= 0.6 is 11.6 Å². The van der Waals surface area contributed by atoms with E-state index in [9.17, 15) is 18.0 Å². The molecule has 0 spiro atoms. The van der Waals surface area contributed by atoms with E-state index in [1.54, 1.807) is 36.4 Å². The fourth-order valence-corrected chi connectivity index (χ4v) is 6.21. The number of benzene rings is 3. The molecule has 2 atom stereocenters. The van der Waals surface area contributed by atoms with E-state index >= 15 is 0 Å². The van der Waals surface area contributed by atoms with Crippen molar-refractivity contribution in [3.8, 4) is 0 Å². The van der Waals surface area contributed by atoms with Crippen molar-refractivity contribution < 1.29 is 18.0 Å². The SMILES string of the molecule is CC(NC(=O)CC1CNC(=O)c2cc3cc(NS(=O)(=O)c4ccccc4Cl)ccc3n21)c1ccccc1. The Morgan fingerprint density at radius 1 is 1.08 bits per heavy atom. The first-order chi connectivity index (χ1) is 17.7. The number of sulfonamides is 1. The lowest BCUT2D eigenvalue weighted by molar-refractivity contribution is -0.122. The standard InChI is InChI=1S/C27H25ClN4O4S/c1-17(18-7-3-2-4-8-18)30-26(33)15-21-16-29-27(34)24-14-19-13-20(11-12-23(19)32(21)24)31-37(35,36)25-10-6-5-9-22(25)28/h2-14,17,21,31H,15-16H2,1H3,(H,29,34)(H,30,33). The molecular weight excluding hydrogens is 512 g/mol. The average molecular weight is 537 g/mol. The summed E-state index contributed by atoms with van der Waals surface area (Å²) in [6.07, 6.45) is 0.176. The van der Waals surface area contributed by atoms with E-state index in [4.69, 9.17) is 11.6 Å². The maximum Gasteiger partial charge on any atom is 0.268 e. The van der Waals surface area contributed by atoms with Crippen molar-refractivity contribution in [2.75, 3.05) is 11.3 Å². The van der Waals surface area contributed by atoms with Crippen LogP contribution in [-0.2, 0) is 14.8 Å². The normalized spacial score (nSPS) is 16.1. The number of hydrogen-bond acceptors (Lipinski definition) is 4. The summed E-state index contributed by atoms with van der Waals surface area (Å²) in [5.74, 6) is -0.377. The summed E-state index contributed by atoms with van der Waals surface area (Å²) in [6.45, 7) is 2.24. The molecule has 0 saturated heterocycles. The van der Waals surface area contributed by atoms with Crippen LogP contribution in [0.3, 0.4) is 0 Å². The summed E-state index contributed by atoms with van der Waals surface area (Å²) in [5.41, 5.74) is 2.49. The molecule has 0 fully saturated rings. The molecule has 0 bridgehead atoms. The Labute approximate surface area is 219 Å². The average Bonchev–Trinajstić information content (AvgIpc) is 3.26. The second kappa shape index (κ2) is 9.91. The highest BCUT2D eigenvalue weighted by Gasteiger charge is 2.29. The zero-order valence-corrected chi connectivity index (χ0v) is 21.5. The van der Waals surface area contributed by atoms with E-state index in [1.807, 2.05) is 41.8 Å². The van der Waals surface area contributed by atoms with E-state index in [0.29, 0.717) is 23.3 Å². The van der Waals surface area contributed by atoms with E-state index in [2.05, 4.69) is 15.4 Å². The lowest BCUT2D eigenvalue weighted by Crippen LogP contribution is -2.41. The van der Waals surface area contributed by atoms with Gasteiger partial charge in [0.1, 0.15) is 10.6 Å². The van der Waals surface area contributed by atoms with Crippen LogP contribution in [0.5, 0.6) is 0 Å². The van der Waals surface area contributed by atoms with Crippen LogP contribution in [0.25, 0.3) is 10.9 Å². The minimum absolute atomic E-state index is 0.0249. The van der Waals surface area contributed by atoms with Crippen LogP contribution in [-0.4, -0.2) is 31.3 Å². The molecule has 1 aliphatic heterocycles. The van der Waals surface area contributed by atoms with Gasteiger partial charge in [-0.2, -0.15) is 0 Å². The molecule has 4 aromatic rings. The molecule has 1 aliphatic rings. The third-order valence-corrected chi connectivity index (χ3v) is 8.29. The van der Waals surface area contributed by atoms with Gasteiger partial charge in [0.15, 0.2) is 0 Å². The number of carbonyl (C=O) groups excluding carboxylic acids is 2. The molecule has 1 aromatic heterocycles. The number of anilines is 1. The Balaban J connectivity index is 1.39. The smallest absolute Gasteiger partial charge is 0.268 e. The number of fused-ring (bicyclic) bond motifs is 3. The van der Waals surface area contributed by atoms with E-state index in [0.717, 1.165) is 11.1 Å². The van der Waals surface area contributed by atoms with E-state index in [-0.39, 0.29) is 40.2 Å². The Bertz CT molecular complexity index is 1600. The highest BCUT2D eigenvalue weighted by atomic mass is 35.5. The fourth-order valence-electron chi connectivity index (χ4n) is 4.64. The van der Waals surface area contributed by atoms with Crippen LogP contribution in [0.15, 0.2) is 83.8 Å². The van der Waals surface area contributed by atoms with Gasteiger partial charge in [0, 0.05) is 29.6 Å². The van der Waals surface area contributed by atoms with Gasteiger partial charge in [-0.1, -0.05) is 54.1 Å². The Hall–Kier alpha value is -3.82. The quantitative estimate of drug-likeness (QED) is 0.319. The zero-order valence-electron chi connectivity index (χ0n) is 19.9. The molecule has 5 rings (SSSR count). The molecule has 0 saturated carbocycles. The van der Waals surface area contributed by atoms with Gasteiger partial charge in [-0.25, -0.2) is 8.42 Å². The van der Waals surface area contributed by atoms with Crippen LogP contribution in [0, 0.1) is 0 Å². The summed E-state index contributed by atoms with van der Waals surface area (Å²) in [4.78, 5) is 25.5. The maximum atomic E-state index is 12.9. The van der Waals surface area contributed by atoms with E-state index in [1.165, 1.54) is 12.1 Å². The van der Waals surface area contributed by atoms with Gasteiger partial charge < -0.3 is 15.2 Å². The summed E-state index contributed by atoms with van der Waals surface area (Å²) in [7, 11) is -3.91. The molecule has 8 nitrogen and oxygen atoms in total. The number of aromatic nitrogens is 1. The largest absolute Gasteiger partial charge is 0.350 e. The van der Waals surface area contributed by atoms with Gasteiger partial charge in [-0.05, 0) is 48.9 Å². The Kier molecular flexibility index (Phi) is 6.66. The zero-order chi connectivity index (χ0) is 26.2. The van der Waals surface area contributed by atoms with Gasteiger partial charge in [-0.15, -0.1) is 0 Å².